The number of piperidine rings is 1. The van der Waals surface area contributed by atoms with Gasteiger partial charge in [0.15, 0.2) is 0 Å². The van der Waals surface area contributed by atoms with Gasteiger partial charge in [0.2, 0.25) is 0 Å². The lowest BCUT2D eigenvalue weighted by atomic mass is 9.91. The zero-order chi connectivity index (χ0) is 14.2. The topological polar surface area (TPSA) is 38.3 Å². The maximum Gasteiger partial charge on any atom is 0.316 e. The van der Waals surface area contributed by atoms with E-state index in [4.69, 9.17) is 4.74 Å². The quantitative estimate of drug-likeness (QED) is 0.871. The highest BCUT2D eigenvalue weighted by Crippen LogP contribution is 2.70. The fourth-order valence-electron chi connectivity index (χ4n) is 3.19. The number of carbonyl (C=O) groups excluding carboxylic acids is 1. The SMILES string of the molecule is Cl.O=C(OCc1ccccc1)C1C(F)(F)C12CCNCC2. The van der Waals surface area contributed by atoms with Crippen LogP contribution in [0.4, 0.5) is 8.78 Å². The van der Waals surface area contributed by atoms with E-state index >= 15 is 0 Å². The first kappa shape index (κ1) is 16.2. The molecular weight excluding hydrogens is 300 g/mol. The van der Waals surface area contributed by atoms with Crippen molar-refractivity contribution >= 4 is 18.4 Å². The smallest absolute Gasteiger partial charge is 0.316 e. The Kier molecular flexibility index (Phi) is 4.54. The lowest BCUT2D eigenvalue weighted by molar-refractivity contribution is -0.149. The number of benzene rings is 1. The maximum atomic E-state index is 14.0. The van der Waals surface area contributed by atoms with Crippen molar-refractivity contribution in [3.05, 3.63) is 35.9 Å². The van der Waals surface area contributed by atoms with E-state index in [1.165, 1.54) is 0 Å². The summed E-state index contributed by atoms with van der Waals surface area (Å²) < 4.78 is 33.0. The summed E-state index contributed by atoms with van der Waals surface area (Å²) in [4.78, 5) is 11.9. The summed E-state index contributed by atoms with van der Waals surface area (Å²) in [5, 5.41) is 3.05. The lowest BCUT2D eigenvalue weighted by Crippen LogP contribution is -2.32. The predicted octanol–water partition coefficient (Wildman–Crippen LogP) is 2.79. The number of hydrogen-bond donors (Lipinski definition) is 1. The third kappa shape index (κ3) is 2.64. The van der Waals surface area contributed by atoms with Gasteiger partial charge in [0.1, 0.15) is 12.5 Å². The molecular formula is C15H18ClF2NO2. The van der Waals surface area contributed by atoms with E-state index in [1.54, 1.807) is 12.1 Å². The molecule has 1 aliphatic carbocycles. The molecule has 1 aromatic rings. The van der Waals surface area contributed by atoms with Gasteiger partial charge in [-0.25, -0.2) is 8.78 Å². The molecule has 1 saturated carbocycles. The molecule has 3 rings (SSSR count). The number of rotatable bonds is 3. The molecule has 1 heterocycles. The Bertz CT molecular complexity index is 504. The molecule has 116 valence electrons. The Balaban J connectivity index is 0.00000161. The van der Waals surface area contributed by atoms with Crippen LogP contribution in [-0.4, -0.2) is 25.0 Å². The van der Waals surface area contributed by atoms with E-state index < -0.39 is 23.2 Å². The van der Waals surface area contributed by atoms with Crippen molar-refractivity contribution in [3.63, 3.8) is 0 Å². The highest BCUT2D eigenvalue weighted by atomic mass is 35.5. The van der Waals surface area contributed by atoms with Crippen molar-refractivity contribution in [1.82, 2.24) is 5.32 Å². The molecule has 21 heavy (non-hydrogen) atoms. The van der Waals surface area contributed by atoms with Gasteiger partial charge >= 0.3 is 5.97 Å². The molecule has 1 N–H and O–H groups in total. The second kappa shape index (κ2) is 5.89. The number of nitrogens with one attached hydrogen (secondary N) is 1. The molecule has 2 fully saturated rings. The highest BCUT2D eigenvalue weighted by molar-refractivity contribution is 5.85. The first-order chi connectivity index (χ1) is 9.58. The molecule has 3 nitrogen and oxygen atoms in total. The average Bonchev–Trinajstić information content (AvgIpc) is 2.92. The van der Waals surface area contributed by atoms with E-state index in [0.29, 0.717) is 25.9 Å². The van der Waals surface area contributed by atoms with Gasteiger partial charge in [-0.05, 0) is 31.5 Å². The maximum absolute atomic E-state index is 14.0. The van der Waals surface area contributed by atoms with E-state index in [0.717, 1.165) is 5.56 Å². The zero-order valence-electron chi connectivity index (χ0n) is 11.5. The van der Waals surface area contributed by atoms with Crippen LogP contribution in [0, 0.1) is 11.3 Å². The molecule has 1 atom stereocenters. The summed E-state index contributed by atoms with van der Waals surface area (Å²) in [6.07, 6.45) is 0.677. The number of alkyl halides is 2. The van der Waals surface area contributed by atoms with E-state index in [2.05, 4.69) is 5.32 Å². The Morgan fingerprint density at radius 2 is 1.86 bits per heavy atom. The van der Waals surface area contributed by atoms with Gasteiger partial charge in [-0.15, -0.1) is 12.4 Å². The fourth-order valence-corrected chi connectivity index (χ4v) is 3.19. The molecule has 6 heteroatoms. The molecule has 0 bridgehead atoms. The summed E-state index contributed by atoms with van der Waals surface area (Å²) in [6, 6.07) is 9.11. The summed E-state index contributed by atoms with van der Waals surface area (Å²) >= 11 is 0. The highest BCUT2D eigenvalue weighted by Gasteiger charge is 2.83. The van der Waals surface area contributed by atoms with Gasteiger partial charge in [-0.1, -0.05) is 30.3 Å². The van der Waals surface area contributed by atoms with Gasteiger partial charge in [-0.2, -0.15) is 0 Å². The molecule has 2 aliphatic rings. The van der Waals surface area contributed by atoms with Crippen LogP contribution >= 0.6 is 12.4 Å². The first-order valence-corrected chi connectivity index (χ1v) is 6.87. The second-order valence-electron chi connectivity index (χ2n) is 5.56. The van der Waals surface area contributed by atoms with E-state index in [9.17, 15) is 13.6 Å². The van der Waals surface area contributed by atoms with Gasteiger partial charge in [0, 0.05) is 0 Å². The Hall–Kier alpha value is -1.20. The normalized spacial score (nSPS) is 25.0. The Labute approximate surface area is 128 Å². The molecule has 1 spiro atoms. The van der Waals surface area contributed by atoms with Gasteiger partial charge in [-0.3, -0.25) is 4.79 Å². The van der Waals surface area contributed by atoms with Crippen molar-refractivity contribution in [2.45, 2.75) is 25.4 Å². The van der Waals surface area contributed by atoms with Crippen LogP contribution in [0.1, 0.15) is 18.4 Å². The van der Waals surface area contributed by atoms with Gasteiger partial charge in [0.05, 0.1) is 5.41 Å². The minimum absolute atomic E-state index is 0. The van der Waals surface area contributed by atoms with Crippen molar-refractivity contribution in [2.75, 3.05) is 13.1 Å². The second-order valence-corrected chi connectivity index (χ2v) is 5.56. The fraction of sp³-hybridized carbons (Fsp3) is 0.533. The standard InChI is InChI=1S/C15H17F2NO2.ClH/c16-15(17)12(14(15)6-8-18-9-7-14)13(19)20-10-11-4-2-1-3-5-11;/h1-5,12,18H,6-10H2;1H. The first-order valence-electron chi connectivity index (χ1n) is 6.87. The molecule has 1 aliphatic heterocycles. The zero-order valence-corrected chi connectivity index (χ0v) is 12.3. The van der Waals surface area contributed by atoms with E-state index in [-0.39, 0.29) is 19.0 Å². The monoisotopic (exact) mass is 317 g/mol. The molecule has 1 unspecified atom stereocenters. The van der Waals surface area contributed by atoms with E-state index in [1.807, 2.05) is 18.2 Å². The number of hydrogen-bond acceptors (Lipinski definition) is 3. The predicted molar refractivity (Wildman–Crippen MR) is 76.5 cm³/mol. The minimum atomic E-state index is -2.91. The average molecular weight is 318 g/mol. The Morgan fingerprint density at radius 1 is 1.24 bits per heavy atom. The van der Waals surface area contributed by atoms with Crippen LogP contribution < -0.4 is 5.32 Å². The molecule has 0 aromatic heterocycles. The molecule has 1 aromatic carbocycles. The van der Waals surface area contributed by atoms with Crippen molar-refractivity contribution in [2.24, 2.45) is 11.3 Å². The summed E-state index contributed by atoms with van der Waals surface area (Å²) in [7, 11) is 0. The molecule has 0 amide bonds. The summed E-state index contributed by atoms with van der Waals surface area (Å²) in [5.74, 6) is -4.94. The summed E-state index contributed by atoms with van der Waals surface area (Å²) in [5.41, 5.74) is -0.351. The summed E-state index contributed by atoms with van der Waals surface area (Å²) in [6.45, 7) is 1.14. The number of esters is 1. The number of halogens is 3. The molecule has 0 radical (unpaired) electrons. The van der Waals surface area contributed by atoms with Crippen LogP contribution in [0.5, 0.6) is 0 Å². The van der Waals surface area contributed by atoms with Crippen LogP contribution in [0.25, 0.3) is 0 Å². The van der Waals surface area contributed by atoms with Crippen LogP contribution in [0.2, 0.25) is 0 Å². The Morgan fingerprint density at radius 3 is 2.48 bits per heavy atom. The van der Waals surface area contributed by atoms with Crippen molar-refractivity contribution < 1.29 is 18.3 Å². The van der Waals surface area contributed by atoms with Gasteiger partial charge < -0.3 is 10.1 Å². The molecule has 1 saturated heterocycles. The van der Waals surface area contributed by atoms with Crippen molar-refractivity contribution in [1.29, 1.82) is 0 Å². The van der Waals surface area contributed by atoms with Gasteiger partial charge in [0.25, 0.3) is 5.92 Å². The largest absolute Gasteiger partial charge is 0.460 e. The number of ether oxygens (including phenoxy) is 1. The third-order valence-corrected chi connectivity index (χ3v) is 4.45. The van der Waals surface area contributed by atoms with Crippen LogP contribution in [0.15, 0.2) is 30.3 Å². The minimum Gasteiger partial charge on any atom is -0.460 e. The number of carbonyl (C=O) groups is 1. The van der Waals surface area contributed by atoms with Crippen LogP contribution in [-0.2, 0) is 16.1 Å². The lowest BCUT2D eigenvalue weighted by Gasteiger charge is -2.22. The van der Waals surface area contributed by atoms with Crippen LogP contribution in [0.3, 0.4) is 0 Å². The third-order valence-electron chi connectivity index (χ3n) is 4.45. The van der Waals surface area contributed by atoms with Crippen molar-refractivity contribution in [3.8, 4) is 0 Å².